The molecule has 2 heterocycles. The molecule has 9 heteroatoms. The SMILES string of the molecule is COC(=O)c1c(C)[nH]c(C(=O)C(C)OC(=O)Cn2c(=O)n(C)c3ccccc32)c1C. The summed E-state index contributed by atoms with van der Waals surface area (Å²) in [5.74, 6) is -1.76. The largest absolute Gasteiger partial charge is 0.465 e. The van der Waals surface area contributed by atoms with Crippen molar-refractivity contribution >= 4 is 28.8 Å². The molecule has 2 aromatic heterocycles. The molecule has 0 saturated carbocycles. The molecule has 0 aliphatic rings. The Kier molecular flexibility index (Phi) is 5.64. The predicted octanol–water partition coefficient (Wildman–Crippen LogP) is 1.89. The van der Waals surface area contributed by atoms with Crippen LogP contribution in [0.4, 0.5) is 0 Å². The fraction of sp³-hybridized carbons (Fsp3) is 0.333. The van der Waals surface area contributed by atoms with E-state index in [-0.39, 0.29) is 23.5 Å². The highest BCUT2D eigenvalue weighted by molar-refractivity contribution is 6.04. The number of aromatic amines is 1. The average Bonchev–Trinajstić information content (AvgIpc) is 3.15. The average molecular weight is 413 g/mol. The van der Waals surface area contributed by atoms with Crippen molar-refractivity contribution in [3.05, 3.63) is 57.3 Å². The third-order valence-electron chi connectivity index (χ3n) is 5.09. The number of aryl methyl sites for hydroxylation is 2. The maximum absolute atomic E-state index is 12.8. The van der Waals surface area contributed by atoms with E-state index in [2.05, 4.69) is 4.98 Å². The summed E-state index contributed by atoms with van der Waals surface area (Å²) in [6.07, 6.45) is -1.11. The number of benzene rings is 1. The van der Waals surface area contributed by atoms with Crippen LogP contribution in [0.15, 0.2) is 29.1 Å². The molecule has 0 radical (unpaired) electrons. The zero-order valence-corrected chi connectivity index (χ0v) is 17.4. The first-order valence-electron chi connectivity index (χ1n) is 9.32. The number of aromatic nitrogens is 3. The Bertz CT molecular complexity index is 1210. The number of esters is 2. The van der Waals surface area contributed by atoms with E-state index in [1.54, 1.807) is 45.2 Å². The summed E-state index contributed by atoms with van der Waals surface area (Å²) in [7, 11) is 2.88. The normalized spacial score (nSPS) is 12.0. The van der Waals surface area contributed by atoms with Crippen molar-refractivity contribution in [1.82, 2.24) is 14.1 Å². The van der Waals surface area contributed by atoms with Crippen LogP contribution in [0.2, 0.25) is 0 Å². The number of nitrogens with zero attached hydrogens (tertiary/aromatic N) is 2. The topological polar surface area (TPSA) is 112 Å². The van der Waals surface area contributed by atoms with Crippen LogP contribution in [0.3, 0.4) is 0 Å². The number of rotatable bonds is 6. The molecule has 0 spiro atoms. The number of nitrogens with one attached hydrogen (secondary N) is 1. The first-order chi connectivity index (χ1) is 14.2. The predicted molar refractivity (Wildman–Crippen MR) is 109 cm³/mol. The molecule has 0 fully saturated rings. The molecule has 1 atom stereocenters. The number of Topliss-reactive ketones (excluding diaryl/α,β-unsaturated/α-hetero) is 1. The van der Waals surface area contributed by atoms with Gasteiger partial charge in [0.1, 0.15) is 6.54 Å². The van der Waals surface area contributed by atoms with Gasteiger partial charge >= 0.3 is 17.6 Å². The third kappa shape index (κ3) is 3.54. The molecule has 30 heavy (non-hydrogen) atoms. The second kappa shape index (κ2) is 8.02. The second-order valence-corrected chi connectivity index (χ2v) is 7.03. The number of hydrogen-bond acceptors (Lipinski definition) is 6. The van der Waals surface area contributed by atoms with E-state index in [1.165, 1.54) is 23.2 Å². The number of ketones is 1. The van der Waals surface area contributed by atoms with Gasteiger partial charge in [-0.05, 0) is 38.5 Å². The minimum absolute atomic E-state index is 0.176. The lowest BCUT2D eigenvalue weighted by Gasteiger charge is -2.12. The Morgan fingerprint density at radius 2 is 1.77 bits per heavy atom. The Morgan fingerprint density at radius 3 is 2.40 bits per heavy atom. The van der Waals surface area contributed by atoms with Crippen LogP contribution in [-0.4, -0.2) is 45.1 Å². The van der Waals surface area contributed by atoms with Crippen molar-refractivity contribution in [2.75, 3.05) is 7.11 Å². The van der Waals surface area contributed by atoms with Gasteiger partial charge < -0.3 is 14.5 Å². The van der Waals surface area contributed by atoms with Crippen molar-refractivity contribution in [2.45, 2.75) is 33.4 Å². The van der Waals surface area contributed by atoms with Crippen LogP contribution in [0.1, 0.15) is 39.0 Å². The molecule has 1 N–H and O–H groups in total. The van der Waals surface area contributed by atoms with Crippen LogP contribution in [-0.2, 0) is 27.9 Å². The number of para-hydroxylation sites is 2. The van der Waals surface area contributed by atoms with Crippen molar-refractivity contribution in [2.24, 2.45) is 7.05 Å². The fourth-order valence-electron chi connectivity index (χ4n) is 3.54. The van der Waals surface area contributed by atoms with Crippen LogP contribution in [0.5, 0.6) is 0 Å². The molecule has 0 amide bonds. The molecule has 0 bridgehead atoms. The van der Waals surface area contributed by atoms with E-state index in [0.29, 0.717) is 22.3 Å². The van der Waals surface area contributed by atoms with Gasteiger partial charge in [0.25, 0.3) is 0 Å². The lowest BCUT2D eigenvalue weighted by atomic mass is 10.1. The van der Waals surface area contributed by atoms with Gasteiger partial charge in [0.05, 0.1) is 29.4 Å². The van der Waals surface area contributed by atoms with E-state index < -0.39 is 23.8 Å². The van der Waals surface area contributed by atoms with E-state index >= 15 is 0 Å². The van der Waals surface area contributed by atoms with E-state index in [0.717, 1.165) is 0 Å². The summed E-state index contributed by atoms with van der Waals surface area (Å²) in [5.41, 5.74) is 2.30. The van der Waals surface area contributed by atoms with Gasteiger partial charge in [-0.15, -0.1) is 0 Å². The fourth-order valence-corrected chi connectivity index (χ4v) is 3.54. The van der Waals surface area contributed by atoms with Gasteiger partial charge in [0, 0.05) is 12.7 Å². The molecular weight excluding hydrogens is 390 g/mol. The highest BCUT2D eigenvalue weighted by Gasteiger charge is 2.27. The lowest BCUT2D eigenvalue weighted by molar-refractivity contribution is -0.147. The Morgan fingerprint density at radius 1 is 1.13 bits per heavy atom. The van der Waals surface area contributed by atoms with Crippen molar-refractivity contribution in [3.63, 3.8) is 0 Å². The maximum atomic E-state index is 12.8. The maximum Gasteiger partial charge on any atom is 0.339 e. The first kappa shape index (κ1) is 21.1. The number of fused-ring (bicyclic) bond motifs is 1. The minimum atomic E-state index is -1.11. The summed E-state index contributed by atoms with van der Waals surface area (Å²) in [4.78, 5) is 52.5. The van der Waals surface area contributed by atoms with Crippen LogP contribution >= 0.6 is 0 Å². The number of methoxy groups -OCH3 is 1. The number of imidazole rings is 1. The summed E-state index contributed by atoms with van der Waals surface area (Å²) in [6, 6.07) is 7.08. The second-order valence-electron chi connectivity index (χ2n) is 7.03. The number of ether oxygens (including phenoxy) is 2. The van der Waals surface area contributed by atoms with Gasteiger partial charge in [-0.1, -0.05) is 12.1 Å². The number of carbonyl (C=O) groups excluding carboxylic acids is 3. The molecule has 1 aromatic carbocycles. The summed E-state index contributed by atoms with van der Waals surface area (Å²) < 4.78 is 12.8. The Balaban J connectivity index is 1.79. The summed E-state index contributed by atoms with van der Waals surface area (Å²) in [6.45, 7) is 4.39. The zero-order valence-electron chi connectivity index (χ0n) is 17.4. The molecule has 0 aliphatic heterocycles. The Labute approximate surface area is 172 Å². The number of hydrogen-bond donors (Lipinski definition) is 1. The van der Waals surface area contributed by atoms with Gasteiger partial charge in [-0.25, -0.2) is 9.59 Å². The molecule has 158 valence electrons. The van der Waals surface area contributed by atoms with E-state index in [4.69, 9.17) is 9.47 Å². The lowest BCUT2D eigenvalue weighted by Crippen LogP contribution is -2.30. The first-order valence-corrected chi connectivity index (χ1v) is 9.32. The zero-order chi connectivity index (χ0) is 22.2. The van der Waals surface area contributed by atoms with E-state index in [9.17, 15) is 19.2 Å². The molecule has 0 aliphatic carbocycles. The summed E-state index contributed by atoms with van der Waals surface area (Å²) in [5, 5.41) is 0. The molecule has 9 nitrogen and oxygen atoms in total. The Hall–Kier alpha value is -3.62. The third-order valence-corrected chi connectivity index (χ3v) is 5.09. The van der Waals surface area contributed by atoms with Gasteiger partial charge in [-0.3, -0.25) is 18.7 Å². The molecule has 3 aromatic rings. The molecule has 0 saturated heterocycles. The number of H-pyrrole nitrogens is 1. The quantitative estimate of drug-likeness (QED) is 0.488. The molecule has 3 rings (SSSR count). The van der Waals surface area contributed by atoms with Crippen molar-refractivity contribution in [3.8, 4) is 0 Å². The minimum Gasteiger partial charge on any atom is -0.465 e. The number of carbonyl (C=O) groups is 3. The standard InChI is InChI=1S/C21H23N3O6/c1-11-17(20(27)29-5)12(2)22-18(11)19(26)13(3)30-16(25)10-24-15-9-7-6-8-14(15)23(4)21(24)28/h6-9,13,22H,10H2,1-5H3. The highest BCUT2D eigenvalue weighted by atomic mass is 16.5. The van der Waals surface area contributed by atoms with Crippen molar-refractivity contribution in [1.29, 1.82) is 0 Å². The van der Waals surface area contributed by atoms with Crippen LogP contribution in [0.25, 0.3) is 11.0 Å². The van der Waals surface area contributed by atoms with E-state index in [1.807, 2.05) is 0 Å². The smallest absolute Gasteiger partial charge is 0.339 e. The van der Waals surface area contributed by atoms with Crippen LogP contribution < -0.4 is 5.69 Å². The monoisotopic (exact) mass is 413 g/mol. The molecule has 1 unspecified atom stereocenters. The molecular formula is C21H23N3O6. The van der Waals surface area contributed by atoms with Gasteiger partial charge in [-0.2, -0.15) is 0 Å². The van der Waals surface area contributed by atoms with Gasteiger partial charge in [0.2, 0.25) is 5.78 Å². The van der Waals surface area contributed by atoms with Gasteiger partial charge in [0.15, 0.2) is 6.10 Å². The summed E-state index contributed by atoms with van der Waals surface area (Å²) >= 11 is 0. The highest BCUT2D eigenvalue weighted by Crippen LogP contribution is 2.21. The van der Waals surface area contributed by atoms with Crippen LogP contribution in [0, 0.1) is 13.8 Å². The van der Waals surface area contributed by atoms with Crippen molar-refractivity contribution < 1.29 is 23.9 Å².